The summed E-state index contributed by atoms with van der Waals surface area (Å²) in [5.41, 5.74) is 3.89. The maximum atomic E-state index is 15.2. The van der Waals surface area contributed by atoms with Crippen LogP contribution in [0.5, 0.6) is 0 Å². The number of allylic oxidation sites excluding steroid dienone is 6. The van der Waals surface area contributed by atoms with Gasteiger partial charge in [-0.15, -0.1) is 0 Å². The third-order valence-electron chi connectivity index (χ3n) is 8.09. The summed E-state index contributed by atoms with van der Waals surface area (Å²) < 4.78 is 17.1. The van der Waals surface area contributed by atoms with Crippen molar-refractivity contribution in [2.45, 2.75) is 31.2 Å². The molecule has 2 fully saturated rings. The number of nitrogens with zero attached hydrogens (tertiary/aromatic N) is 5. The summed E-state index contributed by atoms with van der Waals surface area (Å²) in [6.45, 7) is 0.700. The fourth-order valence-electron chi connectivity index (χ4n) is 6.35. The molecule has 182 valence electrons. The van der Waals surface area contributed by atoms with Crippen LogP contribution in [0, 0.1) is 5.41 Å². The van der Waals surface area contributed by atoms with E-state index in [1.54, 1.807) is 18.7 Å². The Hall–Kier alpha value is -3.59. The van der Waals surface area contributed by atoms with Crippen molar-refractivity contribution in [2.24, 2.45) is 17.5 Å². The van der Waals surface area contributed by atoms with E-state index in [2.05, 4.69) is 15.0 Å². The van der Waals surface area contributed by atoms with Crippen molar-refractivity contribution in [1.82, 2.24) is 24.4 Å². The Kier molecular flexibility index (Phi) is 4.49. The Bertz CT molecular complexity index is 1520. The van der Waals surface area contributed by atoms with Crippen LogP contribution < -0.4 is 0 Å². The predicted octanol–water partition coefficient (Wildman–Crippen LogP) is 3.52. The number of aromatic nitrogens is 4. The predicted molar refractivity (Wildman–Crippen MR) is 131 cm³/mol. The zero-order valence-electron chi connectivity index (χ0n) is 19.5. The highest BCUT2D eigenvalue weighted by Gasteiger charge is 2.62. The lowest BCUT2D eigenvalue weighted by Crippen LogP contribution is -2.46. The summed E-state index contributed by atoms with van der Waals surface area (Å²) in [7, 11) is 1.89. The number of carbonyl (C=O) groups excluding carboxylic acids is 2. The Morgan fingerprint density at radius 3 is 2.81 bits per heavy atom. The van der Waals surface area contributed by atoms with Gasteiger partial charge in [-0.25, -0.2) is 14.4 Å². The molecule has 8 nitrogen and oxygen atoms in total. The van der Waals surface area contributed by atoms with Crippen LogP contribution in [0.3, 0.4) is 0 Å². The van der Waals surface area contributed by atoms with E-state index in [0.29, 0.717) is 30.9 Å². The van der Waals surface area contributed by atoms with Gasteiger partial charge in [0.15, 0.2) is 5.78 Å². The maximum absolute atomic E-state index is 15.2. The number of hydrogen-bond acceptors (Lipinski definition) is 5. The second-order valence-electron chi connectivity index (χ2n) is 10.2. The highest BCUT2D eigenvalue weighted by Crippen LogP contribution is 2.62. The van der Waals surface area contributed by atoms with Crippen molar-refractivity contribution in [2.75, 3.05) is 13.1 Å². The van der Waals surface area contributed by atoms with E-state index >= 15 is 4.39 Å². The van der Waals surface area contributed by atoms with Gasteiger partial charge in [0, 0.05) is 43.3 Å². The van der Waals surface area contributed by atoms with Crippen LogP contribution in [-0.2, 0) is 16.6 Å². The van der Waals surface area contributed by atoms with E-state index in [-0.39, 0.29) is 28.0 Å². The summed E-state index contributed by atoms with van der Waals surface area (Å²) in [5.74, 6) is -0.770. The Labute approximate surface area is 211 Å². The van der Waals surface area contributed by atoms with Gasteiger partial charge in [-0.05, 0) is 35.6 Å². The van der Waals surface area contributed by atoms with Crippen LogP contribution in [0.4, 0.5) is 4.39 Å². The van der Waals surface area contributed by atoms with Crippen LogP contribution in [0.1, 0.15) is 31.0 Å². The molecule has 1 saturated carbocycles. The van der Waals surface area contributed by atoms with E-state index in [1.165, 1.54) is 12.3 Å². The summed E-state index contributed by atoms with van der Waals surface area (Å²) in [5, 5.41) is 0.147. The smallest absolute Gasteiger partial charge is 0.223 e. The normalized spacial score (nSPS) is 28.5. The number of ketones is 1. The number of amides is 1. The molecule has 2 aromatic heterocycles. The number of aryl methyl sites for hydroxylation is 1. The summed E-state index contributed by atoms with van der Waals surface area (Å²) in [6.07, 6.45) is 11.5. The molecular formula is C26H22ClFN6O2. The molecule has 1 unspecified atom stereocenters. The van der Waals surface area contributed by atoms with E-state index < -0.39 is 17.5 Å². The van der Waals surface area contributed by atoms with Crippen molar-refractivity contribution in [3.63, 3.8) is 0 Å². The number of nitrogens with one attached hydrogen (secondary N) is 1. The Balaban J connectivity index is 1.45. The molecule has 2 aliphatic carbocycles. The van der Waals surface area contributed by atoms with Gasteiger partial charge in [0.25, 0.3) is 0 Å². The summed E-state index contributed by atoms with van der Waals surface area (Å²) in [4.78, 5) is 44.5. The van der Waals surface area contributed by atoms with E-state index in [1.807, 2.05) is 16.5 Å². The van der Waals surface area contributed by atoms with Crippen LogP contribution in [0.2, 0.25) is 0 Å². The SMILES string of the molecule is Cn1cncc1-c1cnc(C2CN3C(=O)CC4(CC4)[C@H]3C3=C2C2=CC(=O)C=C(F)/C2=C(\Cl)C=NC3)[nH]1. The molecule has 0 radical (unpaired) electrons. The molecule has 2 aromatic rings. The molecule has 2 atom stereocenters. The van der Waals surface area contributed by atoms with Gasteiger partial charge in [0.2, 0.25) is 5.91 Å². The van der Waals surface area contributed by atoms with Crippen LogP contribution >= 0.6 is 11.6 Å². The van der Waals surface area contributed by atoms with Crippen molar-refractivity contribution >= 4 is 29.5 Å². The first-order valence-corrected chi connectivity index (χ1v) is 12.3. The Morgan fingerprint density at radius 1 is 1.22 bits per heavy atom. The first-order chi connectivity index (χ1) is 17.4. The zero-order valence-corrected chi connectivity index (χ0v) is 20.2. The molecular weight excluding hydrogens is 483 g/mol. The molecule has 36 heavy (non-hydrogen) atoms. The lowest BCUT2D eigenvalue weighted by Gasteiger charge is -2.42. The van der Waals surface area contributed by atoms with E-state index in [9.17, 15) is 9.59 Å². The van der Waals surface area contributed by atoms with Crippen molar-refractivity contribution in [1.29, 1.82) is 0 Å². The number of H-pyrrole nitrogens is 1. The molecule has 10 heteroatoms. The quantitative estimate of drug-likeness (QED) is 0.676. The molecule has 1 N–H and O–H groups in total. The topological polar surface area (TPSA) is 96.2 Å². The third kappa shape index (κ3) is 3.01. The van der Waals surface area contributed by atoms with E-state index in [0.717, 1.165) is 41.5 Å². The highest BCUT2D eigenvalue weighted by atomic mass is 35.5. The fraction of sp³-hybridized carbons (Fsp3) is 0.346. The standard InChI is InChI=1S/C26H22ClFN6O2/c1-33-12-30-10-20(33)19-9-31-25(32-19)16-11-34-21(36)6-26(2-3-26)24(34)15-7-29-8-17(27)23-14(22(15)16)4-13(35)5-18(23)28/h4-5,8-10,12,16,24H,2-3,6-7,11H2,1H3,(H,31,32)/b23-17-,29-8?/t16?,24-/m1/s1. The lowest BCUT2D eigenvalue weighted by molar-refractivity contribution is -0.129. The number of aliphatic imine (C=N–C) groups is 1. The lowest BCUT2D eigenvalue weighted by atomic mass is 9.74. The van der Waals surface area contributed by atoms with Gasteiger partial charge in [-0.2, -0.15) is 0 Å². The molecule has 5 heterocycles. The monoisotopic (exact) mass is 504 g/mol. The molecule has 0 aromatic carbocycles. The first-order valence-electron chi connectivity index (χ1n) is 11.9. The second-order valence-corrected chi connectivity index (χ2v) is 10.6. The van der Waals surface area contributed by atoms with Crippen molar-refractivity contribution in [3.05, 3.63) is 69.8 Å². The zero-order chi connectivity index (χ0) is 24.8. The average Bonchev–Trinajstić information content (AvgIpc) is 3.14. The largest absolute Gasteiger partial charge is 0.340 e. The van der Waals surface area contributed by atoms with Gasteiger partial charge in [-0.3, -0.25) is 14.6 Å². The first kappa shape index (κ1) is 21.7. The molecule has 1 saturated heterocycles. The minimum Gasteiger partial charge on any atom is -0.340 e. The molecule has 1 amide bonds. The second kappa shape index (κ2) is 7.46. The minimum atomic E-state index is -0.678. The van der Waals surface area contributed by atoms with Gasteiger partial charge in [0.05, 0.1) is 53.6 Å². The van der Waals surface area contributed by atoms with Gasteiger partial charge in [0.1, 0.15) is 11.7 Å². The molecule has 7 rings (SSSR count). The van der Waals surface area contributed by atoms with Crippen LogP contribution in [-0.4, -0.2) is 61.5 Å². The number of halogens is 2. The molecule has 1 spiro atoms. The number of fused-ring (bicyclic) bond motifs is 5. The van der Waals surface area contributed by atoms with Gasteiger partial charge < -0.3 is 14.5 Å². The summed E-state index contributed by atoms with van der Waals surface area (Å²) >= 11 is 6.50. The number of imidazole rings is 2. The third-order valence-corrected chi connectivity index (χ3v) is 8.38. The highest BCUT2D eigenvalue weighted by molar-refractivity contribution is 6.40. The Morgan fingerprint density at radius 2 is 2.06 bits per heavy atom. The fourth-order valence-corrected chi connectivity index (χ4v) is 6.61. The van der Waals surface area contributed by atoms with Gasteiger partial charge in [-0.1, -0.05) is 11.6 Å². The average molecular weight is 505 g/mol. The van der Waals surface area contributed by atoms with Crippen molar-refractivity contribution in [3.8, 4) is 11.4 Å². The number of rotatable bonds is 2. The number of hydrogen-bond donors (Lipinski definition) is 1. The maximum Gasteiger partial charge on any atom is 0.223 e. The number of carbonyl (C=O) groups is 2. The van der Waals surface area contributed by atoms with E-state index in [4.69, 9.17) is 16.6 Å². The molecule has 0 bridgehead atoms. The van der Waals surface area contributed by atoms with Crippen molar-refractivity contribution < 1.29 is 14.0 Å². The summed E-state index contributed by atoms with van der Waals surface area (Å²) in [6, 6.07) is -0.122. The van der Waals surface area contributed by atoms with Crippen LogP contribution in [0.25, 0.3) is 11.4 Å². The minimum absolute atomic E-state index is 0.109. The molecule has 5 aliphatic rings. The van der Waals surface area contributed by atoms with Gasteiger partial charge >= 0.3 is 0 Å². The van der Waals surface area contributed by atoms with Crippen LogP contribution in [0.15, 0.2) is 69.0 Å². The molecule has 3 aliphatic heterocycles. The number of aromatic amines is 1.